The second-order valence-electron chi connectivity index (χ2n) is 21.1. The number of ketones is 3. The van der Waals surface area contributed by atoms with Gasteiger partial charge in [0.25, 0.3) is 11.7 Å². The lowest BCUT2D eigenvalue weighted by Gasteiger charge is -2.47. The lowest BCUT2D eigenvalue weighted by atomic mass is 9.77. The number of aliphatic hydroxyl groups excluding tert-OH is 1. The number of aliphatic hydroxyl groups is 2. The van der Waals surface area contributed by atoms with Crippen LogP contribution in [0, 0.1) is 35.5 Å². The van der Waals surface area contributed by atoms with Crippen molar-refractivity contribution in [2.75, 3.05) is 27.9 Å². The van der Waals surface area contributed by atoms with E-state index in [-0.39, 0.29) is 67.3 Å². The number of aromatic nitrogens is 4. The first-order chi connectivity index (χ1) is 33.2. The van der Waals surface area contributed by atoms with E-state index in [0.717, 1.165) is 18.4 Å². The molecule has 2 N–H and O–H groups in total. The number of piperidine rings is 1. The van der Waals surface area contributed by atoms with Crippen LogP contribution < -0.4 is 0 Å². The molecule has 1 aromatic heterocycles. The number of carbonyl (C=O) groups excluding carboxylic acids is 5. The minimum atomic E-state index is -2.47. The van der Waals surface area contributed by atoms with Crippen molar-refractivity contribution in [1.29, 1.82) is 0 Å². The number of amides is 1. The predicted octanol–water partition coefficient (Wildman–Crippen LogP) is 6.44. The molecule has 70 heavy (non-hydrogen) atoms. The fourth-order valence-electron chi connectivity index (χ4n) is 11.0. The van der Waals surface area contributed by atoms with Gasteiger partial charge in [0.15, 0.2) is 5.78 Å². The molecule has 4 heterocycles. The molecule has 15 atom stereocenters. The van der Waals surface area contributed by atoms with Crippen molar-refractivity contribution < 1.29 is 57.9 Å². The number of esters is 1. The summed E-state index contributed by atoms with van der Waals surface area (Å²) in [5.74, 6) is -8.02. The van der Waals surface area contributed by atoms with Gasteiger partial charge in [0.05, 0.1) is 23.9 Å². The van der Waals surface area contributed by atoms with E-state index < -0.39 is 77.3 Å². The molecule has 17 heteroatoms. The van der Waals surface area contributed by atoms with Crippen molar-refractivity contribution in [2.45, 2.75) is 186 Å². The summed E-state index contributed by atoms with van der Waals surface area (Å²) in [5.41, 5.74) is 0.202. The monoisotopic (exact) mass is 980 g/mol. The number of Topliss-reactive ketones (excluding diaryl/α,β-unsaturated/α-hetero) is 3. The number of allylic oxidation sites excluding steroid dienone is 6. The quantitative estimate of drug-likeness (QED) is 0.171. The summed E-state index contributed by atoms with van der Waals surface area (Å²) < 4.78 is 31.9. The first-order valence-electron chi connectivity index (χ1n) is 25.4. The highest BCUT2D eigenvalue weighted by atomic mass is 16.6. The highest BCUT2D eigenvalue weighted by Gasteiger charge is 2.56. The Balaban J connectivity index is 1.48. The van der Waals surface area contributed by atoms with Crippen molar-refractivity contribution in [3.05, 3.63) is 53.9 Å². The summed E-state index contributed by atoms with van der Waals surface area (Å²) in [6.45, 7) is 14.6. The fraction of sp³-hybridized carbons (Fsp3) is 0.736. The van der Waals surface area contributed by atoms with Gasteiger partial charge in [-0.25, -0.2) is 9.48 Å². The molecule has 2 saturated heterocycles. The van der Waals surface area contributed by atoms with Gasteiger partial charge in [-0.05, 0) is 124 Å². The van der Waals surface area contributed by atoms with E-state index in [1.807, 2.05) is 58.1 Å². The lowest BCUT2D eigenvalue weighted by molar-refractivity contribution is -0.294. The smallest absolute Gasteiger partial charge is 0.329 e. The molecule has 2 bridgehead atoms. The number of fused-ring (bicyclic) bond motifs is 3. The fourth-order valence-corrected chi connectivity index (χ4v) is 11.0. The van der Waals surface area contributed by atoms with E-state index in [0.29, 0.717) is 50.5 Å². The van der Waals surface area contributed by atoms with Crippen LogP contribution in [0.25, 0.3) is 0 Å². The number of nitrogens with zero attached hydrogens (tertiary/aromatic N) is 5. The molecule has 0 radical (unpaired) electrons. The van der Waals surface area contributed by atoms with E-state index in [1.54, 1.807) is 59.0 Å². The molecule has 3 fully saturated rings. The Morgan fingerprint density at radius 3 is 2.33 bits per heavy atom. The third-order valence-electron chi connectivity index (χ3n) is 15.6. The highest BCUT2D eigenvalue weighted by Crippen LogP contribution is 2.43. The largest absolute Gasteiger partial charge is 0.460 e. The molecular formula is C53H81N5O12. The number of hydrogen-bond acceptors (Lipinski definition) is 15. The van der Waals surface area contributed by atoms with Crippen LogP contribution in [0.2, 0.25) is 0 Å². The number of carbonyl (C=O) groups is 5. The molecule has 0 spiro atoms. The van der Waals surface area contributed by atoms with Gasteiger partial charge in [-0.3, -0.25) is 19.2 Å². The number of ether oxygens (including phenoxy) is 5. The van der Waals surface area contributed by atoms with Crippen molar-refractivity contribution >= 4 is 29.2 Å². The third kappa shape index (κ3) is 14.0. The molecule has 17 nitrogen and oxygen atoms in total. The van der Waals surface area contributed by atoms with Crippen LogP contribution in [0.1, 0.15) is 138 Å². The van der Waals surface area contributed by atoms with Gasteiger partial charge in [-0.2, -0.15) is 0 Å². The average molecular weight is 980 g/mol. The van der Waals surface area contributed by atoms with E-state index in [2.05, 4.69) is 15.5 Å². The minimum absolute atomic E-state index is 0.0123. The van der Waals surface area contributed by atoms with Crippen LogP contribution in [-0.2, 0) is 47.7 Å². The third-order valence-corrected chi connectivity index (χ3v) is 15.6. The van der Waals surface area contributed by atoms with Gasteiger partial charge in [0.2, 0.25) is 5.79 Å². The van der Waals surface area contributed by atoms with Gasteiger partial charge in [0.1, 0.15) is 36.5 Å². The number of tetrazole rings is 1. The van der Waals surface area contributed by atoms with Gasteiger partial charge in [-0.1, -0.05) is 71.1 Å². The topological polar surface area (TPSA) is 219 Å². The SMILES string of the molecule is COC1C(=O)[C@H](C)C[C@H](C)/C=C/C=C/C=C(\C)[C@@H](OC)C[C@]2(C)CC[C@@H](C)[C@@](O)(O2)C(=O)C(=O)N2CCCCC2C(=O)O[C@H]([C@H](C)C[C@@H]2CCC(n3cnnn3)[C@H](OC)C2)CC(=O)[C@H](C)/C=C(\C)[C@H]1O. The van der Waals surface area contributed by atoms with E-state index in [9.17, 15) is 34.2 Å². The summed E-state index contributed by atoms with van der Waals surface area (Å²) in [6, 6.07) is -1.20. The number of hydrogen-bond donors (Lipinski definition) is 2. The average Bonchev–Trinajstić information content (AvgIpc) is 3.88. The summed E-state index contributed by atoms with van der Waals surface area (Å²) in [4.78, 5) is 72.7. The molecular weight excluding hydrogens is 899 g/mol. The standard InChI is InChI=1S/C53H81N5O12/c1-32-17-13-12-14-18-33(2)45(67-10)30-52(8)23-22-38(7)53(65,70-52)49(62)50(63)57-24-16-15-19-41(57)51(64)69-43(35(4)27-39-20-21-40(44(28-39)66-9)58-31-54-55-56-58)29-42(59)34(3)26-37(6)47(61)48(68-11)46(60)36(5)25-32/h12-14,17-18,26,31-32,34-36,38-41,43-45,47-48,61,65H,15-16,19-25,27-30H2,1-11H3/b14-12+,17-13+,33-18+,37-26+/t32-,34-,35-,36-,38-,39+,40?,41?,43+,44-,45+,47-,48?,52+,53-/m1/s1. The number of cyclic esters (lactones) is 1. The summed E-state index contributed by atoms with van der Waals surface area (Å²) >= 11 is 0. The Kier molecular flexibility index (Phi) is 20.6. The second-order valence-corrected chi connectivity index (χ2v) is 21.1. The maximum absolute atomic E-state index is 14.6. The molecule has 4 aliphatic rings. The summed E-state index contributed by atoms with van der Waals surface area (Å²) in [7, 11) is 4.62. The number of rotatable bonds is 7. The van der Waals surface area contributed by atoms with Crippen molar-refractivity contribution in [3.8, 4) is 0 Å². The Labute approximate surface area is 414 Å². The van der Waals surface area contributed by atoms with E-state index in [1.165, 1.54) is 12.0 Å². The first kappa shape index (κ1) is 56.7. The highest BCUT2D eigenvalue weighted by molar-refractivity contribution is 6.39. The predicted molar refractivity (Wildman–Crippen MR) is 261 cm³/mol. The van der Waals surface area contributed by atoms with Crippen LogP contribution in [-0.4, -0.2) is 140 Å². The molecule has 1 saturated carbocycles. The van der Waals surface area contributed by atoms with Crippen LogP contribution >= 0.6 is 0 Å². The Bertz CT molecular complexity index is 2070. The zero-order valence-corrected chi connectivity index (χ0v) is 43.5. The van der Waals surface area contributed by atoms with Gasteiger partial charge in [-0.15, -0.1) is 5.10 Å². The van der Waals surface area contributed by atoms with Crippen molar-refractivity contribution in [2.24, 2.45) is 35.5 Å². The Morgan fingerprint density at radius 1 is 0.914 bits per heavy atom. The molecule has 3 aliphatic heterocycles. The van der Waals surface area contributed by atoms with Crippen LogP contribution in [0.15, 0.2) is 53.9 Å². The number of methoxy groups -OCH3 is 3. The van der Waals surface area contributed by atoms with Crippen LogP contribution in [0.3, 0.4) is 0 Å². The lowest BCUT2D eigenvalue weighted by Crippen LogP contribution is -2.62. The summed E-state index contributed by atoms with van der Waals surface area (Å²) in [6.07, 6.45) is 14.4. The van der Waals surface area contributed by atoms with Crippen molar-refractivity contribution in [1.82, 2.24) is 25.1 Å². The molecule has 1 aliphatic carbocycles. The van der Waals surface area contributed by atoms with Crippen LogP contribution in [0.5, 0.6) is 0 Å². The summed E-state index contributed by atoms with van der Waals surface area (Å²) in [5, 5.41) is 35.4. The van der Waals surface area contributed by atoms with Gasteiger partial charge < -0.3 is 38.8 Å². The molecule has 1 amide bonds. The van der Waals surface area contributed by atoms with Gasteiger partial charge >= 0.3 is 5.97 Å². The molecule has 0 aromatic carbocycles. The van der Waals surface area contributed by atoms with E-state index >= 15 is 0 Å². The second kappa shape index (κ2) is 25.4. The first-order valence-corrected chi connectivity index (χ1v) is 25.4. The van der Waals surface area contributed by atoms with Crippen LogP contribution in [0.4, 0.5) is 0 Å². The zero-order valence-electron chi connectivity index (χ0n) is 43.5. The molecule has 1 aromatic rings. The normalized spacial score (nSPS) is 39.4. The molecule has 3 unspecified atom stereocenters. The van der Waals surface area contributed by atoms with Crippen molar-refractivity contribution in [3.63, 3.8) is 0 Å². The maximum Gasteiger partial charge on any atom is 0.329 e. The Morgan fingerprint density at radius 2 is 1.66 bits per heavy atom. The van der Waals surface area contributed by atoms with E-state index in [4.69, 9.17) is 23.7 Å². The van der Waals surface area contributed by atoms with Gasteiger partial charge in [0, 0.05) is 58.5 Å². The Hall–Kier alpha value is -4.26. The minimum Gasteiger partial charge on any atom is -0.460 e. The molecule has 5 rings (SSSR count). The zero-order chi connectivity index (χ0) is 51.5. The maximum atomic E-state index is 14.6. The molecule has 390 valence electrons.